The summed E-state index contributed by atoms with van der Waals surface area (Å²) in [7, 11) is 0. The lowest BCUT2D eigenvalue weighted by molar-refractivity contribution is 0.422. The van der Waals surface area contributed by atoms with Crippen LogP contribution >= 0.6 is 0 Å². The SMILES string of the molecule is CCCn1cc(C2CCCC2CNC(C)C)cn1. The molecule has 1 heterocycles. The Morgan fingerprint density at radius 3 is 3.00 bits per heavy atom. The summed E-state index contributed by atoms with van der Waals surface area (Å²) in [4.78, 5) is 0. The maximum atomic E-state index is 4.48. The zero-order chi connectivity index (χ0) is 13.0. The highest BCUT2D eigenvalue weighted by Gasteiger charge is 2.29. The number of aryl methyl sites for hydroxylation is 1. The molecule has 1 aliphatic rings. The van der Waals surface area contributed by atoms with Crippen molar-refractivity contribution in [3.05, 3.63) is 18.0 Å². The number of nitrogens with one attached hydrogen (secondary N) is 1. The first-order chi connectivity index (χ1) is 8.70. The van der Waals surface area contributed by atoms with E-state index in [-0.39, 0.29) is 0 Å². The van der Waals surface area contributed by atoms with Gasteiger partial charge in [-0.15, -0.1) is 0 Å². The summed E-state index contributed by atoms with van der Waals surface area (Å²) in [6.07, 6.45) is 9.58. The minimum absolute atomic E-state index is 0.592. The molecular formula is C15H27N3. The summed E-state index contributed by atoms with van der Waals surface area (Å²) in [5, 5.41) is 8.07. The van der Waals surface area contributed by atoms with Gasteiger partial charge in [0, 0.05) is 18.8 Å². The maximum absolute atomic E-state index is 4.48. The van der Waals surface area contributed by atoms with Gasteiger partial charge in [-0.2, -0.15) is 5.10 Å². The molecule has 2 rings (SSSR count). The van der Waals surface area contributed by atoms with Gasteiger partial charge >= 0.3 is 0 Å². The van der Waals surface area contributed by atoms with E-state index < -0.39 is 0 Å². The van der Waals surface area contributed by atoms with E-state index in [2.05, 4.69) is 48.3 Å². The first-order valence-electron chi connectivity index (χ1n) is 7.46. The average Bonchev–Trinajstić information content (AvgIpc) is 2.94. The third-order valence-electron chi connectivity index (χ3n) is 3.98. The molecule has 1 aliphatic carbocycles. The van der Waals surface area contributed by atoms with Crippen LogP contribution in [0.3, 0.4) is 0 Å². The number of hydrogen-bond donors (Lipinski definition) is 1. The molecule has 1 N–H and O–H groups in total. The standard InChI is InChI=1S/C15H27N3/c1-4-8-18-11-14(10-17-18)15-7-5-6-13(15)9-16-12(2)3/h10-13,15-16H,4-9H2,1-3H3. The van der Waals surface area contributed by atoms with Gasteiger partial charge < -0.3 is 5.32 Å². The predicted molar refractivity (Wildman–Crippen MR) is 75.7 cm³/mol. The van der Waals surface area contributed by atoms with Gasteiger partial charge in [0.15, 0.2) is 0 Å². The summed E-state index contributed by atoms with van der Waals surface area (Å²) in [5.41, 5.74) is 1.46. The van der Waals surface area contributed by atoms with Gasteiger partial charge in [0.25, 0.3) is 0 Å². The van der Waals surface area contributed by atoms with Crippen LogP contribution in [-0.4, -0.2) is 22.4 Å². The molecule has 1 aromatic rings. The lowest BCUT2D eigenvalue weighted by atomic mass is 9.91. The fraction of sp³-hybridized carbons (Fsp3) is 0.800. The van der Waals surface area contributed by atoms with Gasteiger partial charge in [-0.05, 0) is 43.2 Å². The van der Waals surface area contributed by atoms with Crippen molar-refractivity contribution in [2.24, 2.45) is 5.92 Å². The quantitative estimate of drug-likeness (QED) is 0.839. The second-order valence-corrected chi connectivity index (χ2v) is 5.90. The minimum atomic E-state index is 0.592. The molecule has 102 valence electrons. The van der Waals surface area contributed by atoms with Crippen LogP contribution in [0.2, 0.25) is 0 Å². The molecule has 2 unspecified atom stereocenters. The molecule has 0 bridgehead atoms. The molecule has 1 fully saturated rings. The zero-order valence-electron chi connectivity index (χ0n) is 12.0. The normalized spacial score (nSPS) is 24.0. The Kier molecular flexibility index (Phi) is 4.81. The number of nitrogens with zero attached hydrogens (tertiary/aromatic N) is 2. The summed E-state index contributed by atoms with van der Waals surface area (Å²) in [6, 6.07) is 0.592. The van der Waals surface area contributed by atoms with Gasteiger partial charge in [-0.25, -0.2) is 0 Å². The molecule has 2 atom stereocenters. The van der Waals surface area contributed by atoms with Crippen molar-refractivity contribution in [1.82, 2.24) is 15.1 Å². The van der Waals surface area contributed by atoms with Gasteiger partial charge in [-0.3, -0.25) is 4.68 Å². The van der Waals surface area contributed by atoms with Crippen LogP contribution < -0.4 is 5.32 Å². The first-order valence-corrected chi connectivity index (χ1v) is 7.46. The van der Waals surface area contributed by atoms with E-state index in [4.69, 9.17) is 0 Å². The Morgan fingerprint density at radius 2 is 2.28 bits per heavy atom. The Balaban J connectivity index is 1.96. The molecule has 0 saturated heterocycles. The molecule has 0 spiro atoms. The molecule has 0 amide bonds. The van der Waals surface area contributed by atoms with Crippen LogP contribution in [0.5, 0.6) is 0 Å². The number of hydrogen-bond acceptors (Lipinski definition) is 2. The Labute approximate surface area is 111 Å². The molecule has 18 heavy (non-hydrogen) atoms. The van der Waals surface area contributed by atoms with Crippen molar-refractivity contribution in [2.45, 2.75) is 65.0 Å². The Bertz CT molecular complexity index is 356. The maximum Gasteiger partial charge on any atom is 0.0524 e. The van der Waals surface area contributed by atoms with Gasteiger partial charge in [-0.1, -0.05) is 27.2 Å². The van der Waals surface area contributed by atoms with E-state index in [1.54, 1.807) is 0 Å². The molecular weight excluding hydrogens is 222 g/mol. The van der Waals surface area contributed by atoms with Crippen LogP contribution in [0, 0.1) is 5.92 Å². The van der Waals surface area contributed by atoms with E-state index >= 15 is 0 Å². The average molecular weight is 249 g/mol. The largest absolute Gasteiger partial charge is 0.314 e. The van der Waals surface area contributed by atoms with E-state index in [1.165, 1.54) is 24.8 Å². The van der Waals surface area contributed by atoms with Crippen molar-refractivity contribution in [1.29, 1.82) is 0 Å². The molecule has 0 aliphatic heterocycles. The Morgan fingerprint density at radius 1 is 1.44 bits per heavy atom. The second kappa shape index (κ2) is 6.37. The van der Waals surface area contributed by atoms with Crippen LogP contribution in [0.4, 0.5) is 0 Å². The monoisotopic (exact) mass is 249 g/mol. The van der Waals surface area contributed by atoms with Gasteiger partial charge in [0.05, 0.1) is 6.20 Å². The molecule has 3 heteroatoms. The van der Waals surface area contributed by atoms with Crippen molar-refractivity contribution in [3.8, 4) is 0 Å². The summed E-state index contributed by atoms with van der Waals surface area (Å²) < 4.78 is 2.10. The summed E-state index contributed by atoms with van der Waals surface area (Å²) >= 11 is 0. The third kappa shape index (κ3) is 3.35. The van der Waals surface area contributed by atoms with Crippen LogP contribution in [0.15, 0.2) is 12.4 Å². The fourth-order valence-corrected chi connectivity index (χ4v) is 3.03. The number of rotatable bonds is 6. The van der Waals surface area contributed by atoms with Crippen molar-refractivity contribution < 1.29 is 0 Å². The second-order valence-electron chi connectivity index (χ2n) is 5.90. The minimum Gasteiger partial charge on any atom is -0.314 e. The summed E-state index contributed by atoms with van der Waals surface area (Å²) in [5.74, 6) is 1.52. The third-order valence-corrected chi connectivity index (χ3v) is 3.98. The molecule has 1 aromatic heterocycles. The van der Waals surface area contributed by atoms with Crippen molar-refractivity contribution >= 4 is 0 Å². The highest BCUT2D eigenvalue weighted by Crippen LogP contribution is 2.39. The van der Waals surface area contributed by atoms with Crippen molar-refractivity contribution in [2.75, 3.05) is 6.54 Å². The lowest BCUT2D eigenvalue weighted by Crippen LogP contribution is -2.29. The molecule has 0 radical (unpaired) electrons. The number of aromatic nitrogens is 2. The molecule has 1 saturated carbocycles. The van der Waals surface area contributed by atoms with Gasteiger partial charge in [0.1, 0.15) is 0 Å². The highest BCUT2D eigenvalue weighted by atomic mass is 15.3. The topological polar surface area (TPSA) is 29.9 Å². The molecule has 0 aromatic carbocycles. The van der Waals surface area contributed by atoms with E-state index in [9.17, 15) is 0 Å². The van der Waals surface area contributed by atoms with Crippen molar-refractivity contribution in [3.63, 3.8) is 0 Å². The van der Waals surface area contributed by atoms with E-state index in [0.29, 0.717) is 6.04 Å². The summed E-state index contributed by atoms with van der Waals surface area (Å²) in [6.45, 7) is 8.85. The molecule has 3 nitrogen and oxygen atoms in total. The predicted octanol–water partition coefficient (Wildman–Crippen LogP) is 3.17. The van der Waals surface area contributed by atoms with Crippen LogP contribution in [0.25, 0.3) is 0 Å². The van der Waals surface area contributed by atoms with E-state index in [1.807, 2.05) is 0 Å². The lowest BCUT2D eigenvalue weighted by Gasteiger charge is -2.20. The smallest absolute Gasteiger partial charge is 0.0524 e. The van der Waals surface area contributed by atoms with Crippen LogP contribution in [0.1, 0.15) is 57.9 Å². The first kappa shape index (κ1) is 13.6. The van der Waals surface area contributed by atoms with Gasteiger partial charge in [0.2, 0.25) is 0 Å². The highest BCUT2D eigenvalue weighted by molar-refractivity contribution is 5.14. The zero-order valence-corrected chi connectivity index (χ0v) is 12.0. The van der Waals surface area contributed by atoms with E-state index in [0.717, 1.165) is 31.3 Å². The Hall–Kier alpha value is -0.830. The fourth-order valence-electron chi connectivity index (χ4n) is 3.03. The van der Waals surface area contributed by atoms with Crippen LogP contribution in [-0.2, 0) is 6.54 Å².